The number of benzene rings is 1. The lowest BCUT2D eigenvalue weighted by atomic mass is 10.2. The molecule has 0 spiro atoms. The molecule has 0 bridgehead atoms. The Morgan fingerprint density at radius 1 is 1.12 bits per heavy atom. The molecule has 0 radical (unpaired) electrons. The molecule has 6 nitrogen and oxygen atoms in total. The van der Waals surface area contributed by atoms with Gasteiger partial charge in [-0.1, -0.05) is 18.2 Å². The minimum Gasteiger partial charge on any atom is -0.489 e. The number of nitrogens with zero attached hydrogens (tertiary/aromatic N) is 1. The highest BCUT2D eigenvalue weighted by molar-refractivity contribution is 5.93. The molecular formula is C20H19N3O3. The van der Waals surface area contributed by atoms with Crippen LogP contribution >= 0.6 is 0 Å². The molecule has 1 amide bonds. The Morgan fingerprint density at radius 2 is 1.92 bits per heavy atom. The summed E-state index contributed by atoms with van der Waals surface area (Å²) < 4.78 is 5.70. The molecule has 0 unspecified atom stereocenters. The van der Waals surface area contributed by atoms with Gasteiger partial charge in [0, 0.05) is 30.2 Å². The molecular weight excluding hydrogens is 330 g/mol. The Labute approximate surface area is 150 Å². The average molecular weight is 349 g/mol. The summed E-state index contributed by atoms with van der Waals surface area (Å²) >= 11 is 0. The van der Waals surface area contributed by atoms with Gasteiger partial charge < -0.3 is 15.0 Å². The molecule has 1 aromatic carbocycles. The highest BCUT2D eigenvalue weighted by Gasteiger charge is 2.09. The summed E-state index contributed by atoms with van der Waals surface area (Å²) in [6.07, 6.45) is 3.48. The fraction of sp³-hybridized carbons (Fsp3) is 0.150. The van der Waals surface area contributed by atoms with Gasteiger partial charge in [-0.15, -0.1) is 0 Å². The summed E-state index contributed by atoms with van der Waals surface area (Å²) in [6, 6.07) is 14.5. The van der Waals surface area contributed by atoms with Crippen LogP contribution in [0.4, 0.5) is 0 Å². The number of carbonyl (C=O) groups excluding carboxylic acids is 1. The highest BCUT2D eigenvalue weighted by atomic mass is 16.5. The monoisotopic (exact) mass is 349 g/mol. The first kappa shape index (κ1) is 17.4. The lowest BCUT2D eigenvalue weighted by Crippen LogP contribution is -2.29. The van der Waals surface area contributed by atoms with Crippen molar-refractivity contribution in [3.8, 4) is 5.75 Å². The second-order valence-corrected chi connectivity index (χ2v) is 5.86. The molecule has 0 saturated carbocycles. The van der Waals surface area contributed by atoms with Crippen LogP contribution in [0.2, 0.25) is 0 Å². The smallest absolute Gasteiger partial charge is 0.260 e. The molecule has 26 heavy (non-hydrogen) atoms. The minimum absolute atomic E-state index is 0.104. The number of nitrogens with one attached hydrogen (secondary N) is 2. The second kappa shape index (κ2) is 8.11. The maximum Gasteiger partial charge on any atom is 0.260 e. The molecule has 0 fully saturated rings. The predicted octanol–water partition coefficient (Wildman–Crippen LogP) is 2.59. The molecule has 2 aromatic heterocycles. The van der Waals surface area contributed by atoms with Crippen LogP contribution in [0, 0.1) is 6.92 Å². The van der Waals surface area contributed by atoms with Crippen molar-refractivity contribution in [2.24, 2.45) is 0 Å². The maximum atomic E-state index is 12.1. The number of carbonyl (C=O) groups is 1. The third-order valence-electron chi connectivity index (χ3n) is 3.80. The molecule has 2 N–H and O–H groups in total. The van der Waals surface area contributed by atoms with Gasteiger partial charge in [-0.3, -0.25) is 14.6 Å². The largest absolute Gasteiger partial charge is 0.489 e. The van der Waals surface area contributed by atoms with E-state index in [1.807, 2.05) is 36.4 Å². The van der Waals surface area contributed by atoms with E-state index in [0.717, 1.165) is 16.9 Å². The summed E-state index contributed by atoms with van der Waals surface area (Å²) in [4.78, 5) is 30.6. The first-order chi connectivity index (χ1) is 12.6. The lowest BCUT2D eigenvalue weighted by molar-refractivity contribution is 0.0949. The number of aromatic amines is 1. The summed E-state index contributed by atoms with van der Waals surface area (Å²) in [5, 5.41) is 2.74. The fourth-order valence-electron chi connectivity index (χ4n) is 2.38. The SMILES string of the molecule is Cc1ccc(C(=O)NCc2ccc(OCc3cccnc3)cc2)c(=O)[nH]1. The van der Waals surface area contributed by atoms with E-state index in [0.29, 0.717) is 18.8 Å². The van der Waals surface area contributed by atoms with E-state index in [9.17, 15) is 9.59 Å². The number of amides is 1. The number of ether oxygens (including phenoxy) is 1. The van der Waals surface area contributed by atoms with Crippen LogP contribution in [-0.4, -0.2) is 15.9 Å². The van der Waals surface area contributed by atoms with Gasteiger partial charge in [0.25, 0.3) is 11.5 Å². The first-order valence-electron chi connectivity index (χ1n) is 8.20. The van der Waals surface area contributed by atoms with Crippen molar-refractivity contribution >= 4 is 5.91 Å². The van der Waals surface area contributed by atoms with Crippen molar-refractivity contribution in [3.63, 3.8) is 0 Å². The van der Waals surface area contributed by atoms with Gasteiger partial charge in [0.15, 0.2) is 0 Å². The van der Waals surface area contributed by atoms with E-state index < -0.39 is 5.91 Å². The van der Waals surface area contributed by atoms with Gasteiger partial charge in [-0.2, -0.15) is 0 Å². The van der Waals surface area contributed by atoms with Crippen LogP contribution in [0.1, 0.15) is 27.2 Å². The minimum atomic E-state index is -0.400. The molecule has 0 aliphatic rings. The van der Waals surface area contributed by atoms with Crippen molar-refractivity contribution in [1.29, 1.82) is 0 Å². The number of rotatable bonds is 6. The number of aryl methyl sites for hydroxylation is 1. The quantitative estimate of drug-likeness (QED) is 0.716. The number of H-pyrrole nitrogens is 1. The van der Waals surface area contributed by atoms with Crippen LogP contribution in [0.25, 0.3) is 0 Å². The van der Waals surface area contributed by atoms with E-state index in [2.05, 4.69) is 15.3 Å². The molecule has 0 saturated heterocycles. The van der Waals surface area contributed by atoms with Gasteiger partial charge in [0.2, 0.25) is 0 Å². The zero-order valence-corrected chi connectivity index (χ0v) is 14.4. The Morgan fingerprint density at radius 3 is 2.62 bits per heavy atom. The summed E-state index contributed by atoms with van der Waals surface area (Å²) in [5.74, 6) is 0.335. The van der Waals surface area contributed by atoms with Gasteiger partial charge in [0.05, 0.1) is 0 Å². The zero-order chi connectivity index (χ0) is 18.4. The Kier molecular flexibility index (Phi) is 5.43. The van der Waals surface area contributed by atoms with Crippen LogP contribution < -0.4 is 15.6 Å². The first-order valence-corrected chi connectivity index (χ1v) is 8.20. The zero-order valence-electron chi connectivity index (χ0n) is 14.4. The summed E-state index contributed by atoms with van der Waals surface area (Å²) in [6.45, 7) is 2.54. The molecule has 132 valence electrons. The summed E-state index contributed by atoms with van der Waals surface area (Å²) in [7, 11) is 0. The molecule has 0 aliphatic carbocycles. The maximum absolute atomic E-state index is 12.1. The van der Waals surface area contributed by atoms with Gasteiger partial charge in [-0.05, 0) is 42.8 Å². The molecule has 0 atom stereocenters. The molecule has 6 heteroatoms. The van der Waals surface area contributed by atoms with Gasteiger partial charge in [-0.25, -0.2) is 0 Å². The van der Waals surface area contributed by atoms with Crippen molar-refractivity contribution in [2.75, 3.05) is 0 Å². The van der Waals surface area contributed by atoms with Crippen LogP contribution in [-0.2, 0) is 13.2 Å². The molecule has 0 aliphatic heterocycles. The van der Waals surface area contributed by atoms with Crippen molar-refractivity contribution < 1.29 is 9.53 Å². The highest BCUT2D eigenvalue weighted by Crippen LogP contribution is 2.14. The average Bonchev–Trinajstić information content (AvgIpc) is 2.66. The number of hydrogen-bond acceptors (Lipinski definition) is 4. The van der Waals surface area contributed by atoms with Crippen LogP contribution in [0.15, 0.2) is 65.7 Å². The summed E-state index contributed by atoms with van der Waals surface area (Å²) in [5.41, 5.74) is 2.34. The number of pyridine rings is 2. The van der Waals surface area contributed by atoms with Crippen LogP contribution in [0.3, 0.4) is 0 Å². The van der Waals surface area contributed by atoms with Crippen molar-refractivity contribution in [3.05, 3.63) is 93.7 Å². The molecule has 3 rings (SSSR count). The number of hydrogen-bond donors (Lipinski definition) is 2. The van der Waals surface area contributed by atoms with Crippen molar-refractivity contribution in [1.82, 2.24) is 15.3 Å². The Hall–Kier alpha value is -3.41. The third-order valence-corrected chi connectivity index (χ3v) is 3.80. The molecule has 3 aromatic rings. The Balaban J connectivity index is 1.54. The number of aromatic nitrogens is 2. The second-order valence-electron chi connectivity index (χ2n) is 5.86. The normalized spacial score (nSPS) is 10.3. The molecule has 2 heterocycles. The van der Waals surface area contributed by atoms with E-state index in [1.54, 1.807) is 25.4 Å². The van der Waals surface area contributed by atoms with E-state index in [1.165, 1.54) is 6.07 Å². The standard InChI is InChI=1S/C20H19N3O3/c1-14-4-9-18(20(25)23-14)19(24)22-12-15-5-7-17(8-6-15)26-13-16-3-2-10-21-11-16/h2-11H,12-13H2,1H3,(H,22,24)(H,23,25). The predicted molar refractivity (Wildman–Crippen MR) is 98.0 cm³/mol. The van der Waals surface area contributed by atoms with E-state index in [4.69, 9.17) is 4.74 Å². The third kappa shape index (κ3) is 4.57. The lowest BCUT2D eigenvalue weighted by Gasteiger charge is -2.08. The van der Waals surface area contributed by atoms with Crippen molar-refractivity contribution in [2.45, 2.75) is 20.1 Å². The van der Waals surface area contributed by atoms with Gasteiger partial charge in [0.1, 0.15) is 17.9 Å². The van der Waals surface area contributed by atoms with E-state index in [-0.39, 0.29) is 11.1 Å². The van der Waals surface area contributed by atoms with Gasteiger partial charge >= 0.3 is 0 Å². The van der Waals surface area contributed by atoms with E-state index >= 15 is 0 Å². The topological polar surface area (TPSA) is 84.1 Å². The van der Waals surface area contributed by atoms with Crippen LogP contribution in [0.5, 0.6) is 5.75 Å². The Bertz CT molecular complexity index is 935. The fourth-order valence-corrected chi connectivity index (χ4v) is 2.38.